The molecule has 0 amide bonds. The Morgan fingerprint density at radius 2 is 2.45 bits per heavy atom. The van der Waals surface area contributed by atoms with E-state index in [0.717, 1.165) is 6.20 Å². The number of aliphatic hydroxyl groups excluding tert-OH is 1. The van der Waals surface area contributed by atoms with E-state index in [4.69, 9.17) is 5.11 Å². The highest BCUT2D eigenvalue weighted by Gasteiger charge is 1.94. The van der Waals surface area contributed by atoms with Crippen molar-refractivity contribution in [3.63, 3.8) is 0 Å². The first kappa shape index (κ1) is 7.70. The maximum Gasteiger partial charge on any atom is 0.157 e. The molecular weight excluding hydrogens is 145 g/mol. The molecule has 1 aromatic rings. The Balaban J connectivity index is 2.95. The van der Waals surface area contributed by atoms with Crippen molar-refractivity contribution in [1.82, 2.24) is 4.98 Å². The Labute approximate surface area is 63.7 Å². The zero-order valence-electron chi connectivity index (χ0n) is 5.71. The molecule has 0 aliphatic carbocycles. The van der Waals surface area contributed by atoms with Crippen molar-refractivity contribution in [2.24, 2.45) is 0 Å². The van der Waals surface area contributed by atoms with Gasteiger partial charge >= 0.3 is 0 Å². The van der Waals surface area contributed by atoms with E-state index in [2.05, 4.69) is 16.8 Å². The average Bonchev–Trinajstić information content (AvgIpc) is 2.03. The lowest BCUT2D eigenvalue weighted by Gasteiger charge is -1.89. The summed E-state index contributed by atoms with van der Waals surface area (Å²) in [4.78, 5) is 3.55. The fraction of sp³-hybridized carbons (Fsp3) is 0.125. The van der Waals surface area contributed by atoms with E-state index in [9.17, 15) is 4.39 Å². The Kier molecular flexibility index (Phi) is 2.59. The van der Waals surface area contributed by atoms with E-state index in [1.54, 1.807) is 0 Å². The largest absolute Gasteiger partial charge is 0.384 e. The summed E-state index contributed by atoms with van der Waals surface area (Å²) in [7, 11) is 0. The predicted molar refractivity (Wildman–Crippen MR) is 38.2 cm³/mol. The summed E-state index contributed by atoms with van der Waals surface area (Å²) in [5.41, 5.74) is 0.258. The maximum absolute atomic E-state index is 12.7. The fourth-order valence-corrected chi connectivity index (χ4v) is 0.611. The molecule has 0 aromatic carbocycles. The number of halogens is 1. The molecule has 0 bridgehead atoms. The number of hydrogen-bond donors (Lipinski definition) is 1. The number of nitrogens with zero attached hydrogens (tertiary/aromatic N) is 1. The SMILES string of the molecule is OCC#Cc1ccncc1F. The summed E-state index contributed by atoms with van der Waals surface area (Å²) in [6, 6.07) is 1.46. The maximum atomic E-state index is 12.7. The molecular formula is C8H6FNO. The predicted octanol–water partition coefficient (Wildman–Crippen LogP) is 0.564. The van der Waals surface area contributed by atoms with Crippen molar-refractivity contribution in [3.8, 4) is 11.8 Å². The zero-order chi connectivity index (χ0) is 8.10. The van der Waals surface area contributed by atoms with Gasteiger partial charge in [0.2, 0.25) is 0 Å². The molecule has 0 saturated carbocycles. The summed E-state index contributed by atoms with van der Waals surface area (Å²) in [5, 5.41) is 8.31. The van der Waals surface area contributed by atoms with Gasteiger partial charge in [0.1, 0.15) is 6.61 Å². The van der Waals surface area contributed by atoms with Crippen LogP contribution < -0.4 is 0 Å². The van der Waals surface area contributed by atoms with Gasteiger partial charge < -0.3 is 5.11 Å². The summed E-state index contributed by atoms with van der Waals surface area (Å²) in [6.45, 7) is -0.262. The Bertz CT molecular complexity index is 300. The minimum Gasteiger partial charge on any atom is -0.384 e. The van der Waals surface area contributed by atoms with E-state index in [1.807, 2.05) is 0 Å². The lowest BCUT2D eigenvalue weighted by Crippen LogP contribution is -1.84. The van der Waals surface area contributed by atoms with Crippen LogP contribution in [0, 0.1) is 17.7 Å². The molecule has 1 N–H and O–H groups in total. The van der Waals surface area contributed by atoms with E-state index < -0.39 is 5.82 Å². The number of pyridine rings is 1. The van der Waals surface area contributed by atoms with Gasteiger partial charge in [-0.3, -0.25) is 4.98 Å². The second kappa shape index (κ2) is 3.69. The third-order valence-corrected chi connectivity index (χ3v) is 1.07. The molecule has 11 heavy (non-hydrogen) atoms. The van der Waals surface area contributed by atoms with Gasteiger partial charge in [0.25, 0.3) is 0 Å². The molecule has 0 atom stereocenters. The second-order valence-electron chi connectivity index (χ2n) is 1.82. The highest BCUT2D eigenvalue weighted by molar-refractivity contribution is 5.33. The van der Waals surface area contributed by atoms with Crippen molar-refractivity contribution in [2.75, 3.05) is 6.61 Å². The van der Waals surface area contributed by atoms with Crippen LogP contribution in [0.4, 0.5) is 4.39 Å². The van der Waals surface area contributed by atoms with Gasteiger partial charge in [-0.05, 0) is 6.07 Å². The molecule has 0 aliphatic rings. The lowest BCUT2D eigenvalue weighted by molar-refractivity contribution is 0.350. The first-order valence-corrected chi connectivity index (χ1v) is 3.04. The molecule has 0 fully saturated rings. The molecule has 2 nitrogen and oxygen atoms in total. The minimum absolute atomic E-state index is 0.258. The van der Waals surface area contributed by atoms with Crippen molar-refractivity contribution in [3.05, 3.63) is 29.8 Å². The van der Waals surface area contributed by atoms with Crippen LogP contribution in [0.25, 0.3) is 0 Å². The average molecular weight is 151 g/mol. The number of hydrogen-bond acceptors (Lipinski definition) is 2. The van der Waals surface area contributed by atoms with Crippen molar-refractivity contribution in [2.45, 2.75) is 0 Å². The van der Waals surface area contributed by atoms with Crippen molar-refractivity contribution < 1.29 is 9.50 Å². The summed E-state index contributed by atoms with van der Waals surface area (Å²) >= 11 is 0. The van der Waals surface area contributed by atoms with Gasteiger partial charge in [0.05, 0.1) is 11.8 Å². The summed E-state index contributed by atoms with van der Waals surface area (Å²) in [5.74, 6) is 4.33. The molecule has 0 unspecified atom stereocenters. The first-order chi connectivity index (χ1) is 5.34. The fourth-order valence-electron chi connectivity index (χ4n) is 0.611. The van der Waals surface area contributed by atoms with Crippen LogP contribution >= 0.6 is 0 Å². The normalized spacial score (nSPS) is 8.55. The topological polar surface area (TPSA) is 33.1 Å². The monoisotopic (exact) mass is 151 g/mol. The Hall–Kier alpha value is -1.40. The molecule has 0 spiro atoms. The highest BCUT2D eigenvalue weighted by atomic mass is 19.1. The lowest BCUT2D eigenvalue weighted by atomic mass is 10.2. The van der Waals surface area contributed by atoms with Crippen molar-refractivity contribution >= 4 is 0 Å². The minimum atomic E-state index is -0.464. The zero-order valence-corrected chi connectivity index (χ0v) is 5.71. The molecule has 56 valence electrons. The molecule has 1 aromatic heterocycles. The Morgan fingerprint density at radius 3 is 3.09 bits per heavy atom. The molecule has 1 heterocycles. The molecule has 0 saturated heterocycles. The number of aromatic nitrogens is 1. The van der Waals surface area contributed by atoms with Gasteiger partial charge in [-0.15, -0.1) is 0 Å². The van der Waals surface area contributed by atoms with Gasteiger partial charge in [0, 0.05) is 6.20 Å². The van der Waals surface area contributed by atoms with E-state index in [0.29, 0.717) is 0 Å². The molecule has 3 heteroatoms. The third kappa shape index (κ3) is 2.03. The molecule has 0 aliphatic heterocycles. The highest BCUT2D eigenvalue weighted by Crippen LogP contribution is 2.00. The van der Waals surface area contributed by atoms with E-state index >= 15 is 0 Å². The van der Waals surface area contributed by atoms with Crippen molar-refractivity contribution in [1.29, 1.82) is 0 Å². The van der Waals surface area contributed by atoms with Crippen LogP contribution in [0.1, 0.15) is 5.56 Å². The van der Waals surface area contributed by atoms with Crippen LogP contribution in [-0.4, -0.2) is 16.7 Å². The second-order valence-corrected chi connectivity index (χ2v) is 1.82. The summed E-state index contributed by atoms with van der Waals surface area (Å²) < 4.78 is 12.7. The smallest absolute Gasteiger partial charge is 0.157 e. The van der Waals surface area contributed by atoms with Crippen LogP contribution in [0.3, 0.4) is 0 Å². The van der Waals surface area contributed by atoms with Crippen LogP contribution in [0.5, 0.6) is 0 Å². The quantitative estimate of drug-likeness (QED) is 0.550. The Morgan fingerprint density at radius 1 is 1.64 bits per heavy atom. The third-order valence-electron chi connectivity index (χ3n) is 1.07. The first-order valence-electron chi connectivity index (χ1n) is 3.04. The van der Waals surface area contributed by atoms with Crippen LogP contribution in [0.15, 0.2) is 18.5 Å². The van der Waals surface area contributed by atoms with Gasteiger partial charge in [0.15, 0.2) is 5.82 Å². The van der Waals surface area contributed by atoms with Gasteiger partial charge in [-0.25, -0.2) is 4.39 Å². The van der Waals surface area contributed by atoms with E-state index in [1.165, 1.54) is 12.3 Å². The molecule has 0 radical (unpaired) electrons. The van der Waals surface area contributed by atoms with Crippen LogP contribution in [0.2, 0.25) is 0 Å². The number of aliphatic hydroxyl groups is 1. The van der Waals surface area contributed by atoms with E-state index in [-0.39, 0.29) is 12.2 Å². The summed E-state index contributed by atoms with van der Waals surface area (Å²) in [6.07, 6.45) is 2.53. The standard InChI is InChI=1S/C8H6FNO/c9-8-6-10-4-3-7(8)2-1-5-11/h3-4,6,11H,5H2. The van der Waals surface area contributed by atoms with Crippen LogP contribution in [-0.2, 0) is 0 Å². The molecule has 1 rings (SSSR count). The number of rotatable bonds is 0. The van der Waals surface area contributed by atoms with Gasteiger partial charge in [-0.1, -0.05) is 11.8 Å². The van der Waals surface area contributed by atoms with Gasteiger partial charge in [-0.2, -0.15) is 0 Å².